The van der Waals surface area contributed by atoms with Gasteiger partial charge in [-0.25, -0.2) is 0 Å². The molecule has 3 nitrogen and oxygen atoms in total. The van der Waals surface area contributed by atoms with Crippen molar-refractivity contribution in [2.45, 2.75) is 6.54 Å². The Bertz CT molecular complexity index is 842. The summed E-state index contributed by atoms with van der Waals surface area (Å²) < 4.78 is 0. The molecule has 3 rings (SSSR count). The molecule has 0 atom stereocenters. The minimum Gasteiger partial charge on any atom is -0.361 e. The summed E-state index contributed by atoms with van der Waals surface area (Å²) in [6, 6.07) is 13.0. The van der Waals surface area contributed by atoms with Crippen LogP contribution in [0.4, 0.5) is 0 Å². The maximum absolute atomic E-state index is 12.7. The molecule has 0 bridgehead atoms. The van der Waals surface area contributed by atoms with Crippen LogP contribution in [0.25, 0.3) is 10.9 Å². The highest BCUT2D eigenvalue weighted by molar-refractivity contribution is 6.42. The molecule has 0 aliphatic carbocycles. The minimum absolute atomic E-state index is 0.0312. The fourth-order valence-electron chi connectivity index (χ4n) is 2.46. The van der Waals surface area contributed by atoms with E-state index in [1.165, 1.54) is 0 Å². The lowest BCUT2D eigenvalue weighted by atomic mass is 10.1. The SMILES string of the molecule is CN(Cc1ccc(Cl)c(Cl)c1)C(=O)c1cccc2[nH]ccc12. The van der Waals surface area contributed by atoms with Gasteiger partial charge in [-0.3, -0.25) is 4.79 Å². The van der Waals surface area contributed by atoms with E-state index in [9.17, 15) is 4.79 Å². The average molecular weight is 333 g/mol. The molecule has 0 fully saturated rings. The lowest BCUT2D eigenvalue weighted by Gasteiger charge is -2.18. The van der Waals surface area contributed by atoms with Crippen LogP contribution in [0.15, 0.2) is 48.7 Å². The van der Waals surface area contributed by atoms with E-state index in [1.54, 1.807) is 24.1 Å². The Morgan fingerprint density at radius 3 is 2.73 bits per heavy atom. The third-order valence-electron chi connectivity index (χ3n) is 3.58. The van der Waals surface area contributed by atoms with Gasteiger partial charge in [-0.2, -0.15) is 0 Å². The van der Waals surface area contributed by atoms with Gasteiger partial charge in [0.15, 0.2) is 0 Å². The molecule has 0 aliphatic rings. The summed E-state index contributed by atoms with van der Waals surface area (Å²) in [6.45, 7) is 0.469. The summed E-state index contributed by atoms with van der Waals surface area (Å²) in [7, 11) is 1.77. The number of H-pyrrole nitrogens is 1. The van der Waals surface area contributed by atoms with Crippen LogP contribution in [0.3, 0.4) is 0 Å². The Labute approximate surface area is 138 Å². The van der Waals surface area contributed by atoms with Crippen LogP contribution in [-0.2, 0) is 6.54 Å². The third kappa shape index (κ3) is 2.82. The second-order valence-electron chi connectivity index (χ2n) is 5.15. The van der Waals surface area contributed by atoms with Crippen molar-refractivity contribution in [3.63, 3.8) is 0 Å². The van der Waals surface area contributed by atoms with Gasteiger partial charge in [-0.1, -0.05) is 35.3 Å². The standard InChI is InChI=1S/C17H14Cl2N2O/c1-21(10-11-5-6-14(18)15(19)9-11)17(22)13-3-2-4-16-12(13)7-8-20-16/h2-9,20H,10H2,1H3. The summed E-state index contributed by atoms with van der Waals surface area (Å²) >= 11 is 11.9. The minimum atomic E-state index is -0.0312. The van der Waals surface area contributed by atoms with Crippen molar-refractivity contribution in [2.75, 3.05) is 7.05 Å². The van der Waals surface area contributed by atoms with Crippen LogP contribution in [0.2, 0.25) is 10.0 Å². The maximum Gasteiger partial charge on any atom is 0.254 e. The predicted molar refractivity (Wildman–Crippen MR) is 90.6 cm³/mol. The summed E-state index contributed by atoms with van der Waals surface area (Å²) in [5.74, 6) is -0.0312. The topological polar surface area (TPSA) is 36.1 Å². The van der Waals surface area contributed by atoms with Crippen LogP contribution >= 0.6 is 23.2 Å². The molecule has 0 saturated carbocycles. The van der Waals surface area contributed by atoms with Gasteiger partial charge in [0.2, 0.25) is 0 Å². The zero-order valence-corrected chi connectivity index (χ0v) is 13.4. The van der Waals surface area contributed by atoms with Gasteiger partial charge in [-0.05, 0) is 35.9 Å². The van der Waals surface area contributed by atoms with Gasteiger partial charge in [-0.15, -0.1) is 0 Å². The molecule has 3 aromatic rings. The Kier molecular flexibility index (Phi) is 4.10. The van der Waals surface area contributed by atoms with Crippen LogP contribution in [0.1, 0.15) is 15.9 Å². The smallest absolute Gasteiger partial charge is 0.254 e. The number of nitrogens with zero attached hydrogens (tertiary/aromatic N) is 1. The summed E-state index contributed by atoms with van der Waals surface area (Å²) in [5, 5.41) is 1.93. The molecule has 5 heteroatoms. The Hall–Kier alpha value is -1.97. The van der Waals surface area contributed by atoms with Gasteiger partial charge in [0.25, 0.3) is 5.91 Å². The van der Waals surface area contributed by atoms with Gasteiger partial charge < -0.3 is 9.88 Å². The normalized spacial score (nSPS) is 10.9. The largest absolute Gasteiger partial charge is 0.361 e. The molecule has 0 aliphatic heterocycles. The number of halogens is 2. The molecule has 1 N–H and O–H groups in total. The van der Waals surface area contributed by atoms with Crippen molar-refractivity contribution in [3.05, 3.63) is 69.8 Å². The highest BCUT2D eigenvalue weighted by Gasteiger charge is 2.15. The zero-order valence-electron chi connectivity index (χ0n) is 11.9. The zero-order chi connectivity index (χ0) is 15.7. The number of rotatable bonds is 3. The first-order valence-corrected chi connectivity index (χ1v) is 7.57. The molecule has 1 amide bonds. The second kappa shape index (κ2) is 6.03. The van der Waals surface area contributed by atoms with Gasteiger partial charge in [0.05, 0.1) is 10.0 Å². The maximum atomic E-state index is 12.7. The summed E-state index contributed by atoms with van der Waals surface area (Å²) in [6.07, 6.45) is 1.83. The van der Waals surface area contributed by atoms with Crippen LogP contribution in [0.5, 0.6) is 0 Å². The van der Waals surface area contributed by atoms with Gasteiger partial charge >= 0.3 is 0 Å². The molecule has 22 heavy (non-hydrogen) atoms. The molecule has 1 heterocycles. The van der Waals surface area contributed by atoms with E-state index < -0.39 is 0 Å². The lowest BCUT2D eigenvalue weighted by molar-refractivity contribution is 0.0787. The first-order valence-electron chi connectivity index (χ1n) is 6.82. The van der Waals surface area contributed by atoms with Crippen molar-refractivity contribution in [1.82, 2.24) is 9.88 Å². The number of fused-ring (bicyclic) bond motifs is 1. The molecule has 1 aromatic heterocycles. The molecular weight excluding hydrogens is 319 g/mol. The average Bonchev–Trinajstić information content (AvgIpc) is 2.98. The van der Waals surface area contributed by atoms with E-state index in [4.69, 9.17) is 23.2 Å². The van der Waals surface area contributed by atoms with Crippen molar-refractivity contribution < 1.29 is 4.79 Å². The Balaban J connectivity index is 1.85. The molecule has 0 unspecified atom stereocenters. The van der Waals surface area contributed by atoms with Crippen LogP contribution in [-0.4, -0.2) is 22.8 Å². The summed E-state index contributed by atoms with van der Waals surface area (Å²) in [4.78, 5) is 17.4. The highest BCUT2D eigenvalue weighted by Crippen LogP contribution is 2.24. The number of carbonyl (C=O) groups is 1. The van der Waals surface area contributed by atoms with E-state index in [-0.39, 0.29) is 5.91 Å². The predicted octanol–water partition coefficient (Wildman–Crippen LogP) is 4.75. The molecule has 0 radical (unpaired) electrons. The number of hydrogen-bond acceptors (Lipinski definition) is 1. The van der Waals surface area contributed by atoms with Crippen LogP contribution < -0.4 is 0 Å². The second-order valence-corrected chi connectivity index (χ2v) is 5.97. The number of nitrogens with one attached hydrogen (secondary N) is 1. The number of carbonyl (C=O) groups excluding carboxylic acids is 1. The van der Waals surface area contributed by atoms with Gasteiger partial charge in [0.1, 0.15) is 0 Å². The molecule has 0 spiro atoms. The first kappa shape index (κ1) is 14.9. The van der Waals surface area contributed by atoms with Crippen LogP contribution in [0, 0.1) is 0 Å². The molecule has 2 aromatic carbocycles. The number of hydrogen-bond donors (Lipinski definition) is 1. The molecule has 112 valence electrons. The van der Waals surface area contributed by atoms with E-state index in [0.29, 0.717) is 22.2 Å². The van der Waals surface area contributed by atoms with Crippen molar-refractivity contribution in [2.24, 2.45) is 0 Å². The number of benzene rings is 2. The highest BCUT2D eigenvalue weighted by atomic mass is 35.5. The number of amides is 1. The Morgan fingerprint density at radius 1 is 1.14 bits per heavy atom. The molecule has 0 saturated heterocycles. The van der Waals surface area contributed by atoms with Crippen molar-refractivity contribution in [1.29, 1.82) is 0 Å². The van der Waals surface area contributed by atoms with E-state index in [2.05, 4.69) is 4.98 Å². The number of aromatic nitrogens is 1. The monoisotopic (exact) mass is 332 g/mol. The Morgan fingerprint density at radius 2 is 1.95 bits per heavy atom. The van der Waals surface area contributed by atoms with E-state index in [0.717, 1.165) is 16.5 Å². The fraction of sp³-hybridized carbons (Fsp3) is 0.118. The molecular formula is C17H14Cl2N2O. The third-order valence-corrected chi connectivity index (χ3v) is 4.31. The van der Waals surface area contributed by atoms with E-state index in [1.807, 2.05) is 36.5 Å². The van der Waals surface area contributed by atoms with Crippen molar-refractivity contribution >= 4 is 40.0 Å². The first-order chi connectivity index (χ1) is 10.6. The quantitative estimate of drug-likeness (QED) is 0.738. The van der Waals surface area contributed by atoms with E-state index >= 15 is 0 Å². The lowest BCUT2D eigenvalue weighted by Crippen LogP contribution is -2.26. The van der Waals surface area contributed by atoms with Gasteiger partial charge in [0, 0.05) is 36.3 Å². The number of aromatic amines is 1. The fourth-order valence-corrected chi connectivity index (χ4v) is 2.78. The van der Waals surface area contributed by atoms with Crippen molar-refractivity contribution in [3.8, 4) is 0 Å². The summed E-state index contributed by atoms with van der Waals surface area (Å²) in [5.41, 5.74) is 2.57.